The van der Waals surface area contributed by atoms with Crippen molar-refractivity contribution in [1.82, 2.24) is 0 Å². The van der Waals surface area contributed by atoms with Crippen LogP contribution in [-0.2, 0) is 0 Å². The summed E-state index contributed by atoms with van der Waals surface area (Å²) in [6.45, 7) is 55.8. The van der Waals surface area contributed by atoms with Crippen molar-refractivity contribution in [3.63, 3.8) is 0 Å². The van der Waals surface area contributed by atoms with Crippen LogP contribution in [0.5, 0.6) is 0 Å². The normalized spacial score (nSPS) is 50.1. The van der Waals surface area contributed by atoms with Crippen LogP contribution in [0.3, 0.4) is 0 Å². The molecule has 0 amide bonds. The van der Waals surface area contributed by atoms with Crippen molar-refractivity contribution in [3.05, 3.63) is 0 Å². The van der Waals surface area contributed by atoms with E-state index in [0.717, 1.165) is 5.92 Å². The van der Waals surface area contributed by atoms with E-state index in [1.807, 2.05) is 0 Å². The molecule has 0 aromatic heterocycles. The van der Waals surface area contributed by atoms with Crippen LogP contribution in [0.2, 0.25) is 0 Å². The highest BCUT2D eigenvalue weighted by atomic mass is 14.9. The van der Waals surface area contributed by atoms with E-state index in [0.29, 0.717) is 35.5 Å². The maximum absolute atomic E-state index is 2.84. The molecule has 0 aromatic carbocycles. The second-order valence-electron chi connectivity index (χ2n) is 19.7. The highest BCUT2D eigenvalue weighted by Gasteiger charge is 2.88. The summed E-state index contributed by atoms with van der Waals surface area (Å²) in [5, 5.41) is 0. The van der Waals surface area contributed by atoms with Gasteiger partial charge in [-0.25, -0.2) is 0 Å². The highest BCUT2D eigenvalue weighted by Crippen LogP contribution is 2.93. The average Bonchev–Trinajstić information content (AvgIpc) is 2.92. The maximum Gasteiger partial charge on any atom is -0.0117 e. The summed E-state index contributed by atoms with van der Waals surface area (Å²) in [6.07, 6.45) is 2.66. The molecule has 3 fully saturated rings. The van der Waals surface area contributed by atoms with E-state index in [2.05, 4.69) is 145 Å². The number of hydrogen-bond donors (Lipinski definition) is 0. The van der Waals surface area contributed by atoms with E-state index in [9.17, 15) is 0 Å². The Morgan fingerprint density at radius 3 is 1.51 bits per heavy atom. The minimum atomic E-state index is 0.208. The molecule has 0 heteroatoms. The molecule has 0 aromatic rings. The minimum Gasteiger partial charge on any atom is -0.0648 e. The van der Waals surface area contributed by atoms with E-state index in [1.54, 1.807) is 0 Å². The summed E-state index contributed by atoms with van der Waals surface area (Å²) < 4.78 is 0. The first-order valence-electron chi connectivity index (χ1n) is 17.1. The molecule has 3 saturated carbocycles. The molecular formula is C39H74. The molecule has 0 N–H and O–H groups in total. The molecular weight excluding hydrogens is 468 g/mol. The van der Waals surface area contributed by atoms with Crippen LogP contribution in [0.1, 0.15) is 158 Å². The summed E-state index contributed by atoms with van der Waals surface area (Å²) in [4.78, 5) is 0. The van der Waals surface area contributed by atoms with Gasteiger partial charge in [-0.15, -0.1) is 0 Å². The molecule has 0 aliphatic heterocycles. The molecule has 230 valence electrons. The Labute approximate surface area is 248 Å². The van der Waals surface area contributed by atoms with E-state index in [4.69, 9.17) is 0 Å². The SMILES string of the molecule is CCC(C)(C12C(C)C[C@]1(C(C)(C)C)C(C)(C(C)C(C)(C)C)C(C)C2C)[C@]1(C)[C@H](C)[C@H](C)[C@H](C)C(C)(C)C1(C)C. The molecule has 0 spiro atoms. The third-order valence-electron chi connectivity index (χ3n) is 18.2. The van der Waals surface area contributed by atoms with Crippen LogP contribution < -0.4 is 0 Å². The zero-order valence-corrected chi connectivity index (χ0v) is 31.0. The molecule has 0 nitrogen and oxygen atoms in total. The number of rotatable bonds is 4. The van der Waals surface area contributed by atoms with Crippen LogP contribution >= 0.6 is 0 Å². The van der Waals surface area contributed by atoms with Crippen molar-refractivity contribution in [2.24, 2.45) is 90.2 Å². The van der Waals surface area contributed by atoms with Crippen LogP contribution in [0, 0.1) is 90.2 Å². The van der Waals surface area contributed by atoms with Crippen LogP contribution in [0.25, 0.3) is 0 Å². The predicted molar refractivity (Wildman–Crippen MR) is 175 cm³/mol. The van der Waals surface area contributed by atoms with Crippen molar-refractivity contribution in [2.45, 2.75) is 158 Å². The van der Waals surface area contributed by atoms with E-state index in [-0.39, 0.29) is 48.7 Å². The molecule has 12 atom stereocenters. The van der Waals surface area contributed by atoms with Gasteiger partial charge in [0, 0.05) is 0 Å². The molecule has 0 radical (unpaired) electrons. The highest BCUT2D eigenvalue weighted by molar-refractivity contribution is 5.35. The molecule has 7 unspecified atom stereocenters. The van der Waals surface area contributed by atoms with Gasteiger partial charge < -0.3 is 0 Å². The zero-order chi connectivity index (χ0) is 31.0. The Hall–Kier alpha value is 0. The van der Waals surface area contributed by atoms with Gasteiger partial charge in [-0.2, -0.15) is 0 Å². The van der Waals surface area contributed by atoms with Crippen molar-refractivity contribution in [2.75, 3.05) is 0 Å². The van der Waals surface area contributed by atoms with Gasteiger partial charge in [0.2, 0.25) is 0 Å². The van der Waals surface area contributed by atoms with Crippen molar-refractivity contribution < 1.29 is 0 Å². The Morgan fingerprint density at radius 2 is 1.15 bits per heavy atom. The third-order valence-corrected chi connectivity index (χ3v) is 18.2. The Balaban J connectivity index is 2.54. The van der Waals surface area contributed by atoms with Gasteiger partial charge in [0.1, 0.15) is 0 Å². The van der Waals surface area contributed by atoms with E-state index >= 15 is 0 Å². The lowest BCUT2D eigenvalue weighted by Crippen LogP contribution is -2.78. The van der Waals surface area contributed by atoms with Gasteiger partial charge in [0.05, 0.1) is 0 Å². The lowest BCUT2D eigenvalue weighted by Gasteiger charge is -2.83. The minimum absolute atomic E-state index is 0.208. The van der Waals surface area contributed by atoms with Crippen molar-refractivity contribution in [1.29, 1.82) is 0 Å². The first-order chi connectivity index (χ1) is 17.1. The zero-order valence-electron chi connectivity index (χ0n) is 31.0. The topological polar surface area (TPSA) is 0 Å². The lowest BCUT2D eigenvalue weighted by atomic mass is 9.21. The fourth-order valence-electron chi connectivity index (χ4n) is 14.5. The number of hydrogen-bond acceptors (Lipinski definition) is 0. The summed E-state index contributed by atoms with van der Waals surface area (Å²) in [7, 11) is 0. The Kier molecular flexibility index (Phi) is 7.54. The first-order valence-corrected chi connectivity index (χ1v) is 17.1. The van der Waals surface area contributed by atoms with Gasteiger partial charge in [-0.3, -0.25) is 0 Å². The molecule has 3 aliphatic rings. The van der Waals surface area contributed by atoms with Gasteiger partial charge >= 0.3 is 0 Å². The van der Waals surface area contributed by atoms with Gasteiger partial charge in [0.15, 0.2) is 0 Å². The fourth-order valence-corrected chi connectivity index (χ4v) is 14.5. The lowest BCUT2D eigenvalue weighted by molar-refractivity contribution is -0.359. The molecule has 0 heterocycles. The molecule has 0 saturated heterocycles. The third kappa shape index (κ3) is 3.15. The van der Waals surface area contributed by atoms with Crippen LogP contribution in [0.15, 0.2) is 0 Å². The fraction of sp³-hybridized carbons (Fsp3) is 1.00. The van der Waals surface area contributed by atoms with Crippen molar-refractivity contribution in [3.8, 4) is 0 Å². The second-order valence-corrected chi connectivity index (χ2v) is 19.7. The molecule has 0 bridgehead atoms. The molecule has 3 rings (SSSR count). The standard InChI is InChI=1S/C39H74/c1-22-35(19,37(21)27(5)25(3)26(4)33(15,16)34(37,17)18)39-24(2)23-38(39,32(12,13)14)36(20,28(6)29(39)7)30(8)31(9,10)11/h24-30H,22-23H2,1-21H3/t24?,25-,26+,27-,28?,29?,30?,35?,36?,37-,38+,39?/m1/s1. The smallest absolute Gasteiger partial charge is 0.0117 e. The summed E-state index contributed by atoms with van der Waals surface area (Å²) >= 11 is 0. The summed E-state index contributed by atoms with van der Waals surface area (Å²) in [5.41, 5.74) is 2.27. The van der Waals surface area contributed by atoms with E-state index < -0.39 is 0 Å². The van der Waals surface area contributed by atoms with Crippen LogP contribution in [0.4, 0.5) is 0 Å². The number of fused-ring (bicyclic) bond motifs is 1. The van der Waals surface area contributed by atoms with Gasteiger partial charge in [-0.05, 0) is 103 Å². The second kappa shape index (κ2) is 8.77. The van der Waals surface area contributed by atoms with Gasteiger partial charge in [-0.1, -0.05) is 145 Å². The van der Waals surface area contributed by atoms with E-state index in [1.165, 1.54) is 12.8 Å². The van der Waals surface area contributed by atoms with Gasteiger partial charge in [0.25, 0.3) is 0 Å². The maximum atomic E-state index is 2.84. The first kappa shape index (κ1) is 33.5. The average molecular weight is 543 g/mol. The molecule has 3 aliphatic carbocycles. The Morgan fingerprint density at radius 1 is 0.692 bits per heavy atom. The summed E-state index contributed by atoms with van der Waals surface area (Å²) in [5.74, 6) is 4.88. The monoisotopic (exact) mass is 543 g/mol. The largest absolute Gasteiger partial charge is 0.0648 e. The van der Waals surface area contributed by atoms with Crippen molar-refractivity contribution >= 4 is 0 Å². The quantitative estimate of drug-likeness (QED) is 0.331. The Bertz CT molecular complexity index is 938. The van der Waals surface area contributed by atoms with Crippen LogP contribution in [-0.4, -0.2) is 0 Å². The molecule has 39 heavy (non-hydrogen) atoms. The summed E-state index contributed by atoms with van der Waals surface area (Å²) in [6, 6.07) is 0. The predicted octanol–water partition coefficient (Wildman–Crippen LogP) is 12.4.